The lowest BCUT2D eigenvalue weighted by molar-refractivity contribution is -0.131. The molecule has 0 aliphatic carbocycles. The number of alkyl halides is 3. The normalized spacial score (nSPS) is 11.5. The Morgan fingerprint density at radius 3 is 2.68 bits per heavy atom. The van der Waals surface area contributed by atoms with Crippen molar-refractivity contribution in [2.24, 2.45) is 0 Å². The molecule has 0 unspecified atom stereocenters. The molecule has 1 aromatic heterocycles. The molecule has 0 bridgehead atoms. The first kappa shape index (κ1) is 16.9. The second kappa shape index (κ2) is 6.92. The number of benzene rings is 2. The van der Waals surface area contributed by atoms with E-state index < -0.39 is 12.6 Å². The van der Waals surface area contributed by atoms with E-state index in [1.165, 1.54) is 6.33 Å². The van der Waals surface area contributed by atoms with Gasteiger partial charge in [0.1, 0.15) is 22.8 Å². The fourth-order valence-electron chi connectivity index (χ4n) is 2.36. The summed E-state index contributed by atoms with van der Waals surface area (Å²) in [5.41, 5.74) is 1.69. The van der Waals surface area contributed by atoms with Crippen LogP contribution in [0.5, 0.6) is 17.2 Å². The highest BCUT2D eigenvalue weighted by molar-refractivity contribution is 5.89. The Labute approximate surface area is 141 Å². The number of rotatable bonds is 6. The number of hydrogen-bond donors (Lipinski definition) is 2. The smallest absolute Gasteiger partial charge is 0.390 e. The summed E-state index contributed by atoms with van der Waals surface area (Å²) in [6.45, 7) is -0.242. The lowest BCUT2D eigenvalue weighted by Gasteiger charge is -2.12. The van der Waals surface area contributed by atoms with E-state index in [9.17, 15) is 13.2 Å². The van der Waals surface area contributed by atoms with Crippen LogP contribution in [-0.2, 0) is 0 Å². The number of nitrogens with zero attached hydrogens (tertiary/aromatic N) is 1. The molecule has 3 rings (SSSR count). The zero-order valence-electron chi connectivity index (χ0n) is 13.4. The van der Waals surface area contributed by atoms with Gasteiger partial charge in [-0.2, -0.15) is 13.2 Å². The van der Waals surface area contributed by atoms with Crippen molar-refractivity contribution in [3.05, 3.63) is 42.7 Å². The molecule has 0 amide bonds. The Kier molecular flexibility index (Phi) is 4.69. The molecule has 0 spiro atoms. The number of methoxy groups -OCH3 is 1. The topological polar surface area (TPSA) is 59.2 Å². The highest BCUT2D eigenvalue weighted by Gasteiger charge is 2.26. The van der Waals surface area contributed by atoms with Gasteiger partial charge in [0.2, 0.25) is 0 Å². The van der Waals surface area contributed by atoms with E-state index >= 15 is 0 Å². The second-order valence-electron chi connectivity index (χ2n) is 5.34. The standard InChI is InChI=1S/C17H16F3N3O2/c1-24-11-3-2-4-12(7-11)25-13-8-14(21-6-5-17(18,19)20)16-15(9-13)22-10-23-16/h2-4,7-10,21H,5-6H2,1H3,(H,22,23). The van der Waals surface area contributed by atoms with Crippen LogP contribution in [0.3, 0.4) is 0 Å². The molecule has 2 N–H and O–H groups in total. The van der Waals surface area contributed by atoms with Crippen molar-refractivity contribution >= 4 is 16.7 Å². The molecule has 132 valence electrons. The van der Waals surface area contributed by atoms with Gasteiger partial charge < -0.3 is 19.8 Å². The zero-order chi connectivity index (χ0) is 17.9. The van der Waals surface area contributed by atoms with Gasteiger partial charge >= 0.3 is 6.18 Å². The average molecular weight is 351 g/mol. The van der Waals surface area contributed by atoms with Crippen LogP contribution in [0.15, 0.2) is 42.7 Å². The van der Waals surface area contributed by atoms with Crippen molar-refractivity contribution in [3.8, 4) is 17.2 Å². The first-order chi connectivity index (χ1) is 11.9. The Bertz CT molecular complexity index is 862. The molecule has 1 heterocycles. The molecular formula is C17H16F3N3O2. The number of imidazole rings is 1. The Morgan fingerprint density at radius 1 is 1.12 bits per heavy atom. The number of aromatic amines is 1. The van der Waals surface area contributed by atoms with E-state index in [1.807, 2.05) is 0 Å². The number of nitrogens with one attached hydrogen (secondary N) is 2. The van der Waals surface area contributed by atoms with E-state index in [-0.39, 0.29) is 6.54 Å². The first-order valence-corrected chi connectivity index (χ1v) is 7.54. The van der Waals surface area contributed by atoms with Crippen LogP contribution in [0, 0.1) is 0 Å². The molecule has 0 saturated heterocycles. The molecule has 0 saturated carbocycles. The van der Waals surface area contributed by atoms with E-state index in [2.05, 4.69) is 15.3 Å². The lowest BCUT2D eigenvalue weighted by Crippen LogP contribution is -2.14. The lowest BCUT2D eigenvalue weighted by atomic mass is 10.2. The minimum atomic E-state index is -4.22. The molecule has 0 radical (unpaired) electrons. The fraction of sp³-hybridized carbons (Fsp3) is 0.235. The van der Waals surface area contributed by atoms with Crippen LogP contribution in [0.25, 0.3) is 11.0 Å². The van der Waals surface area contributed by atoms with Crippen LogP contribution in [0.4, 0.5) is 18.9 Å². The summed E-state index contributed by atoms with van der Waals surface area (Å²) in [7, 11) is 1.55. The van der Waals surface area contributed by atoms with Crippen LogP contribution in [0.1, 0.15) is 6.42 Å². The first-order valence-electron chi connectivity index (χ1n) is 7.54. The minimum absolute atomic E-state index is 0.242. The number of aromatic nitrogens is 2. The molecule has 5 nitrogen and oxygen atoms in total. The fourth-order valence-corrected chi connectivity index (χ4v) is 2.36. The summed E-state index contributed by atoms with van der Waals surface area (Å²) in [6, 6.07) is 10.4. The average Bonchev–Trinajstić information content (AvgIpc) is 3.02. The van der Waals surface area contributed by atoms with Crippen molar-refractivity contribution < 1.29 is 22.6 Å². The summed E-state index contributed by atoms with van der Waals surface area (Å²) in [4.78, 5) is 7.07. The Hall–Kier alpha value is -2.90. The van der Waals surface area contributed by atoms with Gasteiger partial charge in [-0.05, 0) is 12.1 Å². The molecule has 3 aromatic rings. The number of fused-ring (bicyclic) bond motifs is 1. The molecule has 25 heavy (non-hydrogen) atoms. The molecular weight excluding hydrogens is 335 g/mol. The molecule has 0 aliphatic rings. The maximum atomic E-state index is 12.4. The van der Waals surface area contributed by atoms with Gasteiger partial charge in [0.25, 0.3) is 0 Å². The van der Waals surface area contributed by atoms with Gasteiger partial charge in [-0.25, -0.2) is 4.98 Å². The zero-order valence-corrected chi connectivity index (χ0v) is 13.4. The van der Waals surface area contributed by atoms with E-state index in [0.717, 1.165) is 0 Å². The Balaban J connectivity index is 1.83. The van der Waals surface area contributed by atoms with Crippen molar-refractivity contribution in [2.45, 2.75) is 12.6 Å². The second-order valence-corrected chi connectivity index (χ2v) is 5.34. The van der Waals surface area contributed by atoms with Gasteiger partial charge in [-0.15, -0.1) is 0 Å². The van der Waals surface area contributed by atoms with Crippen molar-refractivity contribution in [1.82, 2.24) is 9.97 Å². The highest BCUT2D eigenvalue weighted by Crippen LogP contribution is 2.32. The minimum Gasteiger partial charge on any atom is -0.497 e. The van der Waals surface area contributed by atoms with Crippen LogP contribution in [-0.4, -0.2) is 29.8 Å². The maximum absolute atomic E-state index is 12.4. The quantitative estimate of drug-likeness (QED) is 0.674. The summed E-state index contributed by atoms with van der Waals surface area (Å²) in [6.07, 6.45) is -3.67. The summed E-state index contributed by atoms with van der Waals surface area (Å²) in [5.74, 6) is 1.67. The molecule has 8 heteroatoms. The third-order valence-corrected chi connectivity index (χ3v) is 3.50. The summed E-state index contributed by atoms with van der Waals surface area (Å²) >= 11 is 0. The Morgan fingerprint density at radius 2 is 1.92 bits per heavy atom. The van der Waals surface area contributed by atoms with Gasteiger partial charge in [0.05, 0.1) is 31.1 Å². The highest BCUT2D eigenvalue weighted by atomic mass is 19.4. The molecule has 2 aromatic carbocycles. The van der Waals surface area contributed by atoms with Gasteiger partial charge in [-0.1, -0.05) is 6.07 Å². The van der Waals surface area contributed by atoms with Crippen molar-refractivity contribution in [3.63, 3.8) is 0 Å². The number of H-pyrrole nitrogens is 1. The number of anilines is 1. The van der Waals surface area contributed by atoms with Crippen molar-refractivity contribution in [2.75, 3.05) is 19.0 Å². The monoisotopic (exact) mass is 351 g/mol. The predicted molar refractivity (Wildman–Crippen MR) is 88.3 cm³/mol. The number of halogens is 3. The van der Waals surface area contributed by atoms with Crippen molar-refractivity contribution in [1.29, 1.82) is 0 Å². The third-order valence-electron chi connectivity index (χ3n) is 3.50. The summed E-state index contributed by atoms with van der Waals surface area (Å²) < 4.78 is 48.0. The maximum Gasteiger partial charge on any atom is 0.390 e. The van der Waals surface area contributed by atoms with Gasteiger partial charge in [0, 0.05) is 24.7 Å². The number of ether oxygens (including phenoxy) is 2. The molecule has 0 fully saturated rings. The van der Waals surface area contributed by atoms with Crippen LogP contribution < -0.4 is 14.8 Å². The van der Waals surface area contributed by atoms with E-state index in [0.29, 0.717) is 34.0 Å². The van der Waals surface area contributed by atoms with E-state index in [4.69, 9.17) is 9.47 Å². The van der Waals surface area contributed by atoms with Gasteiger partial charge in [-0.3, -0.25) is 0 Å². The summed E-state index contributed by atoms with van der Waals surface area (Å²) in [5, 5.41) is 2.77. The SMILES string of the molecule is COc1cccc(Oc2cc(NCCC(F)(F)F)c3nc[nH]c3c2)c1. The largest absolute Gasteiger partial charge is 0.497 e. The van der Waals surface area contributed by atoms with E-state index in [1.54, 1.807) is 43.5 Å². The predicted octanol–water partition coefficient (Wildman–Crippen LogP) is 4.73. The number of hydrogen-bond acceptors (Lipinski definition) is 4. The van der Waals surface area contributed by atoms with Gasteiger partial charge in [0.15, 0.2) is 0 Å². The third kappa shape index (κ3) is 4.34. The molecule has 0 atom stereocenters. The molecule has 0 aliphatic heterocycles. The van der Waals surface area contributed by atoms with Crippen LogP contribution >= 0.6 is 0 Å². The van der Waals surface area contributed by atoms with Crippen LogP contribution in [0.2, 0.25) is 0 Å².